The summed E-state index contributed by atoms with van der Waals surface area (Å²) in [5.74, 6) is -0.595. The van der Waals surface area contributed by atoms with Crippen molar-refractivity contribution in [3.63, 3.8) is 0 Å². The number of carbonyl (C=O) groups excluding carboxylic acids is 1. The number of thiophene rings is 1. The third-order valence-electron chi connectivity index (χ3n) is 2.31. The Morgan fingerprint density at radius 3 is 2.76 bits per heavy atom. The molecule has 0 aliphatic heterocycles. The van der Waals surface area contributed by atoms with Crippen LogP contribution in [0.3, 0.4) is 0 Å². The van der Waals surface area contributed by atoms with Gasteiger partial charge in [0.25, 0.3) is 0 Å². The van der Waals surface area contributed by atoms with Crippen molar-refractivity contribution in [2.24, 2.45) is 0 Å². The molecule has 1 aromatic carbocycles. The highest BCUT2D eigenvalue weighted by Gasteiger charge is 2.16. The Morgan fingerprint density at radius 2 is 2.18 bits per heavy atom. The molecule has 0 fully saturated rings. The van der Waals surface area contributed by atoms with Gasteiger partial charge in [0.15, 0.2) is 5.78 Å². The van der Waals surface area contributed by atoms with Crippen LogP contribution in [0, 0.1) is 5.82 Å². The lowest BCUT2D eigenvalue weighted by Crippen LogP contribution is -2.05. The van der Waals surface area contributed by atoms with Gasteiger partial charge in [0.05, 0.1) is 0 Å². The number of Topliss-reactive ketones (excluding diaryl/α,β-unsaturated/α-hetero) is 1. The predicted octanol–water partition coefficient (Wildman–Crippen LogP) is 4.73. The average Bonchev–Trinajstić information content (AvgIpc) is 2.70. The second kappa shape index (κ2) is 5.29. The molecule has 1 heterocycles. The predicted molar refractivity (Wildman–Crippen MR) is 71.5 cm³/mol. The lowest BCUT2D eigenvalue weighted by Gasteiger charge is -2.04. The lowest BCUT2D eigenvalue weighted by atomic mass is 10.0. The van der Waals surface area contributed by atoms with E-state index in [1.54, 1.807) is 11.4 Å². The maximum atomic E-state index is 13.5. The number of halogens is 3. The van der Waals surface area contributed by atoms with E-state index in [4.69, 9.17) is 11.6 Å². The van der Waals surface area contributed by atoms with Gasteiger partial charge in [-0.15, -0.1) is 0 Å². The van der Waals surface area contributed by atoms with Crippen molar-refractivity contribution in [1.29, 1.82) is 0 Å². The van der Waals surface area contributed by atoms with E-state index in [-0.39, 0.29) is 22.8 Å². The van der Waals surface area contributed by atoms with E-state index in [0.717, 1.165) is 4.47 Å². The zero-order valence-corrected chi connectivity index (χ0v) is 11.7. The van der Waals surface area contributed by atoms with Crippen molar-refractivity contribution >= 4 is 44.7 Å². The van der Waals surface area contributed by atoms with E-state index in [1.165, 1.54) is 23.5 Å². The molecule has 0 aliphatic carbocycles. The Kier molecular flexibility index (Phi) is 3.97. The molecule has 2 aromatic rings. The molecular weight excluding hydrogens is 327 g/mol. The van der Waals surface area contributed by atoms with E-state index >= 15 is 0 Å². The van der Waals surface area contributed by atoms with Crippen molar-refractivity contribution in [1.82, 2.24) is 0 Å². The molecule has 1 nitrogen and oxygen atoms in total. The third-order valence-corrected chi connectivity index (χ3v) is 4.37. The summed E-state index contributed by atoms with van der Waals surface area (Å²) in [6, 6.07) is 4.40. The van der Waals surface area contributed by atoms with Crippen LogP contribution in [-0.4, -0.2) is 5.78 Å². The van der Waals surface area contributed by atoms with E-state index in [1.807, 2.05) is 5.38 Å². The number of rotatable bonds is 3. The second-order valence-electron chi connectivity index (χ2n) is 3.43. The molecule has 2 rings (SSSR count). The molecule has 17 heavy (non-hydrogen) atoms. The molecule has 0 saturated heterocycles. The monoisotopic (exact) mass is 332 g/mol. The number of hydrogen-bond acceptors (Lipinski definition) is 2. The minimum absolute atomic E-state index is 0.0269. The van der Waals surface area contributed by atoms with Gasteiger partial charge in [-0.3, -0.25) is 4.79 Å². The normalized spacial score (nSPS) is 10.5. The maximum Gasteiger partial charge on any atom is 0.169 e. The Balaban J connectivity index is 2.28. The summed E-state index contributed by atoms with van der Waals surface area (Å²) in [6.07, 6.45) is -0.0269. The van der Waals surface area contributed by atoms with Gasteiger partial charge in [0.2, 0.25) is 0 Å². The van der Waals surface area contributed by atoms with Gasteiger partial charge in [-0.25, -0.2) is 4.39 Å². The first-order valence-electron chi connectivity index (χ1n) is 4.77. The van der Waals surface area contributed by atoms with E-state index in [2.05, 4.69) is 15.9 Å². The van der Waals surface area contributed by atoms with Crippen LogP contribution in [0.2, 0.25) is 5.02 Å². The highest BCUT2D eigenvalue weighted by molar-refractivity contribution is 9.10. The SMILES string of the molecule is O=C(Cc1c(F)cccc1Cl)c1cscc1Br. The Hall–Kier alpha value is -0.710. The number of hydrogen-bond donors (Lipinski definition) is 0. The minimum Gasteiger partial charge on any atom is -0.294 e. The molecule has 88 valence electrons. The summed E-state index contributed by atoms with van der Waals surface area (Å²) in [5, 5.41) is 3.84. The van der Waals surface area contributed by atoms with Crippen molar-refractivity contribution in [3.05, 3.63) is 55.4 Å². The summed E-state index contributed by atoms with van der Waals surface area (Å²) in [7, 11) is 0. The summed E-state index contributed by atoms with van der Waals surface area (Å²) in [6.45, 7) is 0. The average molecular weight is 334 g/mol. The molecular formula is C12H7BrClFOS. The quantitative estimate of drug-likeness (QED) is 0.742. The molecule has 0 saturated carbocycles. The first-order chi connectivity index (χ1) is 8.09. The van der Waals surface area contributed by atoms with Gasteiger partial charge < -0.3 is 0 Å². The van der Waals surface area contributed by atoms with Crippen LogP contribution in [0.25, 0.3) is 0 Å². The van der Waals surface area contributed by atoms with Crippen LogP contribution >= 0.6 is 38.9 Å². The number of ketones is 1. The Bertz CT molecular complexity index is 547. The van der Waals surface area contributed by atoms with Crippen LogP contribution in [0.4, 0.5) is 4.39 Å². The van der Waals surface area contributed by atoms with E-state index in [0.29, 0.717) is 5.56 Å². The fraction of sp³-hybridized carbons (Fsp3) is 0.0833. The van der Waals surface area contributed by atoms with Crippen LogP contribution < -0.4 is 0 Å². The van der Waals surface area contributed by atoms with Gasteiger partial charge in [-0.2, -0.15) is 11.3 Å². The summed E-state index contributed by atoms with van der Waals surface area (Å²) >= 11 is 10.6. The highest BCUT2D eigenvalue weighted by Crippen LogP contribution is 2.25. The Labute approximate surface area is 115 Å². The van der Waals surface area contributed by atoms with Crippen molar-refractivity contribution in [3.8, 4) is 0 Å². The minimum atomic E-state index is -0.447. The molecule has 1 aromatic heterocycles. The molecule has 0 bridgehead atoms. The fourth-order valence-electron chi connectivity index (χ4n) is 1.44. The molecule has 0 aliphatic rings. The van der Waals surface area contributed by atoms with Gasteiger partial charge in [0.1, 0.15) is 5.82 Å². The fourth-order valence-corrected chi connectivity index (χ4v) is 3.19. The molecule has 0 unspecified atom stereocenters. The standard InChI is InChI=1S/C12H7BrClFOS/c13-9-6-17-5-8(9)12(16)4-7-10(14)2-1-3-11(7)15/h1-3,5-6H,4H2. The second-order valence-corrected chi connectivity index (χ2v) is 5.44. The van der Waals surface area contributed by atoms with Crippen molar-refractivity contribution in [2.45, 2.75) is 6.42 Å². The first kappa shape index (κ1) is 12.7. The zero-order valence-electron chi connectivity index (χ0n) is 8.54. The van der Waals surface area contributed by atoms with E-state index in [9.17, 15) is 9.18 Å². The van der Waals surface area contributed by atoms with Gasteiger partial charge >= 0.3 is 0 Å². The zero-order chi connectivity index (χ0) is 12.4. The van der Waals surface area contributed by atoms with E-state index < -0.39 is 5.82 Å². The molecule has 0 spiro atoms. The Morgan fingerprint density at radius 1 is 1.41 bits per heavy atom. The summed E-state index contributed by atoms with van der Waals surface area (Å²) in [5.41, 5.74) is 0.812. The lowest BCUT2D eigenvalue weighted by molar-refractivity contribution is 0.0991. The largest absolute Gasteiger partial charge is 0.294 e. The van der Waals surface area contributed by atoms with Gasteiger partial charge in [-0.1, -0.05) is 17.7 Å². The summed E-state index contributed by atoms with van der Waals surface area (Å²) in [4.78, 5) is 12.0. The van der Waals surface area contributed by atoms with Crippen LogP contribution in [0.5, 0.6) is 0 Å². The number of carbonyl (C=O) groups is 1. The van der Waals surface area contributed by atoms with Gasteiger partial charge in [0, 0.05) is 37.8 Å². The molecule has 0 atom stereocenters. The maximum absolute atomic E-state index is 13.5. The molecule has 0 N–H and O–H groups in total. The molecule has 5 heteroatoms. The van der Waals surface area contributed by atoms with Gasteiger partial charge in [-0.05, 0) is 28.1 Å². The van der Waals surface area contributed by atoms with Crippen LogP contribution in [-0.2, 0) is 6.42 Å². The third kappa shape index (κ3) is 2.76. The summed E-state index contributed by atoms with van der Waals surface area (Å²) < 4.78 is 14.2. The number of benzene rings is 1. The smallest absolute Gasteiger partial charge is 0.169 e. The topological polar surface area (TPSA) is 17.1 Å². The molecule has 0 amide bonds. The van der Waals surface area contributed by atoms with Crippen LogP contribution in [0.1, 0.15) is 15.9 Å². The first-order valence-corrected chi connectivity index (χ1v) is 6.88. The van der Waals surface area contributed by atoms with Crippen molar-refractivity contribution < 1.29 is 9.18 Å². The highest BCUT2D eigenvalue weighted by atomic mass is 79.9. The van der Waals surface area contributed by atoms with Crippen molar-refractivity contribution in [2.75, 3.05) is 0 Å². The molecule has 0 radical (unpaired) electrons. The van der Waals surface area contributed by atoms with Crippen LogP contribution in [0.15, 0.2) is 33.4 Å².